The Hall–Kier alpha value is -1.81. The highest BCUT2D eigenvalue weighted by Gasteiger charge is 2.21. The zero-order valence-electron chi connectivity index (χ0n) is 11.7. The summed E-state index contributed by atoms with van der Waals surface area (Å²) < 4.78 is 0. The minimum absolute atomic E-state index is 0.0136. The van der Waals surface area contributed by atoms with Gasteiger partial charge in [-0.05, 0) is 31.9 Å². The molecule has 0 radical (unpaired) electrons. The molecule has 1 aromatic heterocycles. The summed E-state index contributed by atoms with van der Waals surface area (Å²) >= 11 is 0. The molecule has 0 saturated heterocycles. The lowest BCUT2D eigenvalue weighted by atomic mass is 10.0. The fourth-order valence-corrected chi connectivity index (χ4v) is 2.14. The average molecular weight is 259 g/mol. The van der Waals surface area contributed by atoms with Gasteiger partial charge in [-0.2, -0.15) is 0 Å². The van der Waals surface area contributed by atoms with Crippen LogP contribution in [0.2, 0.25) is 0 Å². The van der Waals surface area contributed by atoms with E-state index in [1.165, 1.54) is 0 Å². The van der Waals surface area contributed by atoms with Crippen LogP contribution in [-0.2, 0) is 11.2 Å². The molecule has 0 fully saturated rings. The molecule has 1 atom stereocenters. The van der Waals surface area contributed by atoms with E-state index in [4.69, 9.17) is 5.73 Å². The number of amides is 1. The van der Waals surface area contributed by atoms with Crippen LogP contribution in [-0.4, -0.2) is 34.9 Å². The van der Waals surface area contributed by atoms with E-state index in [0.717, 1.165) is 16.5 Å². The maximum Gasteiger partial charge on any atom is 0.239 e. The first-order valence-electron chi connectivity index (χ1n) is 6.58. The van der Waals surface area contributed by atoms with Crippen molar-refractivity contribution in [1.29, 1.82) is 0 Å². The molecule has 4 nitrogen and oxygen atoms in total. The van der Waals surface area contributed by atoms with Gasteiger partial charge in [0.25, 0.3) is 0 Å². The molecule has 0 unspecified atom stereocenters. The van der Waals surface area contributed by atoms with Crippen molar-refractivity contribution in [3.8, 4) is 0 Å². The zero-order chi connectivity index (χ0) is 14.0. The Labute approximate surface area is 113 Å². The number of likely N-dealkylation sites (N-methyl/N-ethyl adjacent to an activating group) is 1. The fourth-order valence-electron chi connectivity index (χ4n) is 2.14. The lowest BCUT2D eigenvalue weighted by Gasteiger charge is -2.24. The van der Waals surface area contributed by atoms with E-state index in [2.05, 4.69) is 4.98 Å². The summed E-state index contributed by atoms with van der Waals surface area (Å²) in [7, 11) is 1.79. The molecule has 0 spiro atoms. The van der Waals surface area contributed by atoms with Crippen LogP contribution in [0.3, 0.4) is 0 Å². The Morgan fingerprint density at radius 2 is 2.05 bits per heavy atom. The molecule has 0 aliphatic rings. The highest BCUT2D eigenvalue weighted by Crippen LogP contribution is 2.19. The van der Waals surface area contributed by atoms with Crippen LogP contribution >= 0.6 is 0 Å². The van der Waals surface area contributed by atoms with Gasteiger partial charge in [-0.15, -0.1) is 0 Å². The summed E-state index contributed by atoms with van der Waals surface area (Å²) in [6.45, 7) is 3.96. The quantitative estimate of drug-likeness (QED) is 0.881. The van der Waals surface area contributed by atoms with Crippen molar-refractivity contribution in [1.82, 2.24) is 9.88 Å². The molecular formula is C15H21N3O. The average Bonchev–Trinajstić information content (AvgIpc) is 2.80. The van der Waals surface area contributed by atoms with Gasteiger partial charge < -0.3 is 15.6 Å². The normalized spacial score (nSPS) is 12.9. The van der Waals surface area contributed by atoms with Crippen LogP contribution in [0.4, 0.5) is 0 Å². The zero-order valence-corrected chi connectivity index (χ0v) is 11.7. The first kappa shape index (κ1) is 13.6. The predicted octanol–water partition coefficient (Wildman–Crippen LogP) is 1.90. The summed E-state index contributed by atoms with van der Waals surface area (Å²) in [4.78, 5) is 17.0. The van der Waals surface area contributed by atoms with Crippen LogP contribution in [0.1, 0.15) is 19.4 Å². The van der Waals surface area contributed by atoms with Crippen LogP contribution < -0.4 is 5.73 Å². The lowest BCUT2D eigenvalue weighted by Crippen LogP contribution is -2.45. The lowest BCUT2D eigenvalue weighted by molar-refractivity contribution is -0.132. The second kappa shape index (κ2) is 5.45. The summed E-state index contributed by atoms with van der Waals surface area (Å²) in [6, 6.07) is 7.72. The number of H-pyrrole nitrogens is 1. The van der Waals surface area contributed by atoms with Crippen molar-refractivity contribution in [3.63, 3.8) is 0 Å². The second-order valence-corrected chi connectivity index (χ2v) is 5.21. The van der Waals surface area contributed by atoms with Crippen molar-refractivity contribution >= 4 is 16.8 Å². The molecule has 0 bridgehead atoms. The highest BCUT2D eigenvalue weighted by atomic mass is 16.2. The van der Waals surface area contributed by atoms with E-state index < -0.39 is 6.04 Å². The topological polar surface area (TPSA) is 62.1 Å². The monoisotopic (exact) mass is 259 g/mol. The number of hydrogen-bond donors (Lipinski definition) is 2. The number of aromatic amines is 1. The molecule has 1 aromatic carbocycles. The Morgan fingerprint density at radius 3 is 2.74 bits per heavy atom. The summed E-state index contributed by atoms with van der Waals surface area (Å²) in [5.41, 5.74) is 8.20. The largest absolute Gasteiger partial charge is 0.361 e. The van der Waals surface area contributed by atoms with Gasteiger partial charge >= 0.3 is 0 Å². The first-order valence-corrected chi connectivity index (χ1v) is 6.58. The van der Waals surface area contributed by atoms with Crippen molar-refractivity contribution in [2.75, 3.05) is 7.05 Å². The van der Waals surface area contributed by atoms with E-state index in [-0.39, 0.29) is 11.9 Å². The highest BCUT2D eigenvalue weighted by molar-refractivity contribution is 5.86. The van der Waals surface area contributed by atoms with Gasteiger partial charge in [-0.3, -0.25) is 4.79 Å². The molecule has 2 rings (SSSR count). The van der Waals surface area contributed by atoms with Crippen LogP contribution in [0.25, 0.3) is 10.9 Å². The Kier molecular flexibility index (Phi) is 3.90. The third-order valence-corrected chi connectivity index (χ3v) is 3.55. The molecule has 1 amide bonds. The fraction of sp³-hybridized carbons (Fsp3) is 0.400. The van der Waals surface area contributed by atoms with Crippen molar-refractivity contribution < 1.29 is 4.79 Å². The van der Waals surface area contributed by atoms with Crippen LogP contribution in [0, 0.1) is 0 Å². The Balaban J connectivity index is 2.15. The number of carbonyl (C=O) groups excluding carboxylic acids is 1. The van der Waals surface area contributed by atoms with Gasteiger partial charge in [0, 0.05) is 30.2 Å². The molecule has 4 heteroatoms. The predicted molar refractivity (Wildman–Crippen MR) is 77.9 cm³/mol. The maximum absolute atomic E-state index is 12.1. The number of aromatic nitrogens is 1. The number of carbonyl (C=O) groups is 1. The van der Waals surface area contributed by atoms with E-state index in [1.807, 2.05) is 44.3 Å². The SMILES string of the molecule is CC(C)N(C)C(=O)[C@H](N)Cc1c[nH]c2ccccc12. The molecule has 19 heavy (non-hydrogen) atoms. The molecule has 0 aliphatic heterocycles. The molecule has 102 valence electrons. The second-order valence-electron chi connectivity index (χ2n) is 5.21. The smallest absolute Gasteiger partial charge is 0.239 e. The third-order valence-electron chi connectivity index (χ3n) is 3.55. The van der Waals surface area contributed by atoms with Crippen molar-refractivity contribution in [2.45, 2.75) is 32.4 Å². The Morgan fingerprint density at radius 1 is 1.37 bits per heavy atom. The number of nitrogens with zero attached hydrogens (tertiary/aromatic N) is 1. The van der Waals surface area contributed by atoms with E-state index in [0.29, 0.717) is 6.42 Å². The summed E-state index contributed by atoms with van der Waals surface area (Å²) in [6.07, 6.45) is 2.49. The maximum atomic E-state index is 12.1. The van der Waals surface area contributed by atoms with Gasteiger partial charge in [0.1, 0.15) is 0 Å². The molecular weight excluding hydrogens is 238 g/mol. The van der Waals surface area contributed by atoms with Crippen LogP contribution in [0.15, 0.2) is 30.5 Å². The standard InChI is InChI=1S/C15H21N3O/c1-10(2)18(3)15(19)13(16)8-11-9-17-14-7-5-4-6-12(11)14/h4-7,9-10,13,17H,8,16H2,1-3H3/t13-/m1/s1. The van der Waals surface area contributed by atoms with E-state index >= 15 is 0 Å². The molecule has 3 N–H and O–H groups in total. The van der Waals surface area contributed by atoms with Gasteiger partial charge in [-0.1, -0.05) is 18.2 Å². The van der Waals surface area contributed by atoms with Gasteiger partial charge in [0.05, 0.1) is 6.04 Å². The molecule has 0 aliphatic carbocycles. The number of fused-ring (bicyclic) bond motifs is 1. The van der Waals surface area contributed by atoms with Crippen molar-refractivity contribution in [2.24, 2.45) is 5.73 Å². The third kappa shape index (κ3) is 2.79. The summed E-state index contributed by atoms with van der Waals surface area (Å²) in [5.74, 6) is -0.0136. The van der Waals surface area contributed by atoms with Gasteiger partial charge in [-0.25, -0.2) is 0 Å². The van der Waals surface area contributed by atoms with Gasteiger partial charge in [0.2, 0.25) is 5.91 Å². The van der Waals surface area contributed by atoms with Gasteiger partial charge in [0.15, 0.2) is 0 Å². The molecule has 0 saturated carbocycles. The number of hydrogen-bond acceptors (Lipinski definition) is 2. The number of para-hydroxylation sites is 1. The number of rotatable bonds is 4. The summed E-state index contributed by atoms with van der Waals surface area (Å²) in [5, 5.41) is 1.14. The number of nitrogens with two attached hydrogens (primary N) is 1. The molecule has 1 heterocycles. The van der Waals surface area contributed by atoms with E-state index in [9.17, 15) is 4.79 Å². The minimum Gasteiger partial charge on any atom is -0.361 e. The number of benzene rings is 1. The minimum atomic E-state index is -0.494. The number of nitrogens with one attached hydrogen (secondary N) is 1. The van der Waals surface area contributed by atoms with Crippen LogP contribution in [0.5, 0.6) is 0 Å². The van der Waals surface area contributed by atoms with E-state index in [1.54, 1.807) is 11.9 Å². The van der Waals surface area contributed by atoms with Crippen molar-refractivity contribution in [3.05, 3.63) is 36.0 Å². The molecule has 2 aromatic rings. The first-order chi connectivity index (χ1) is 9.00. The Bertz CT molecular complexity index is 574.